The summed E-state index contributed by atoms with van der Waals surface area (Å²) < 4.78 is 0. The number of hydrogen-bond donors (Lipinski definition) is 1. The van der Waals surface area contributed by atoms with Crippen LogP contribution in [0.5, 0.6) is 0 Å². The van der Waals surface area contributed by atoms with Crippen molar-refractivity contribution in [2.24, 2.45) is 5.92 Å². The second-order valence-corrected chi connectivity index (χ2v) is 7.66. The molecule has 0 radical (unpaired) electrons. The Hall–Kier alpha value is -0.610. The molecule has 3 aliphatic heterocycles. The summed E-state index contributed by atoms with van der Waals surface area (Å²) in [5, 5.41) is 9.70. The highest BCUT2D eigenvalue weighted by Gasteiger charge is 2.49. The zero-order valence-corrected chi connectivity index (χ0v) is 12.9. The number of piperidine rings is 1. The highest BCUT2D eigenvalue weighted by atomic mass is 16.4. The fourth-order valence-corrected chi connectivity index (χ4v) is 5.72. The van der Waals surface area contributed by atoms with Crippen LogP contribution in [0.2, 0.25) is 0 Å². The molecule has 4 nitrogen and oxygen atoms in total. The first-order chi connectivity index (χ1) is 10.2. The summed E-state index contributed by atoms with van der Waals surface area (Å²) in [5.74, 6) is 0.0831. The largest absolute Gasteiger partial charge is 0.480 e. The van der Waals surface area contributed by atoms with Crippen molar-refractivity contribution >= 4 is 5.97 Å². The van der Waals surface area contributed by atoms with Gasteiger partial charge in [0.05, 0.1) is 0 Å². The first kappa shape index (κ1) is 14.0. The van der Waals surface area contributed by atoms with Crippen LogP contribution in [-0.2, 0) is 4.79 Å². The highest BCUT2D eigenvalue weighted by Crippen LogP contribution is 2.43. The monoisotopic (exact) mass is 292 g/mol. The summed E-state index contributed by atoms with van der Waals surface area (Å²) in [6.45, 7) is 2.46. The van der Waals surface area contributed by atoms with Crippen LogP contribution in [0.15, 0.2) is 0 Å². The van der Waals surface area contributed by atoms with E-state index in [1.54, 1.807) is 0 Å². The molecule has 4 fully saturated rings. The second-order valence-electron chi connectivity index (χ2n) is 7.66. The van der Waals surface area contributed by atoms with Gasteiger partial charge in [0.1, 0.15) is 6.04 Å². The number of likely N-dealkylation sites (tertiary alicyclic amines) is 1. The predicted octanol–water partition coefficient (Wildman–Crippen LogP) is 2.33. The summed E-state index contributed by atoms with van der Waals surface area (Å²) in [5.41, 5.74) is 0. The van der Waals surface area contributed by atoms with Crippen LogP contribution in [0.1, 0.15) is 57.8 Å². The molecule has 118 valence electrons. The Bertz CT molecular complexity index is 414. The van der Waals surface area contributed by atoms with Crippen LogP contribution in [0.4, 0.5) is 0 Å². The molecular weight excluding hydrogens is 264 g/mol. The smallest absolute Gasteiger partial charge is 0.320 e. The lowest BCUT2D eigenvalue weighted by molar-refractivity contribution is -0.144. The molecule has 4 heteroatoms. The lowest BCUT2D eigenvalue weighted by Gasteiger charge is -2.44. The quantitative estimate of drug-likeness (QED) is 0.848. The SMILES string of the molecule is O=C(O)C1CC2CCCCC2N1C1CCN2CCCC2C1. The van der Waals surface area contributed by atoms with Crippen LogP contribution in [-0.4, -0.2) is 58.1 Å². The van der Waals surface area contributed by atoms with E-state index in [4.69, 9.17) is 0 Å². The standard InChI is InChI=1S/C17H28N2O2/c20-17(21)16-10-12-4-1-2-6-15(12)19(16)14-7-9-18-8-3-5-13(18)11-14/h12-16H,1-11H2,(H,20,21). The second kappa shape index (κ2) is 5.54. The van der Waals surface area contributed by atoms with Crippen molar-refractivity contribution in [2.45, 2.75) is 82.0 Å². The Morgan fingerprint density at radius 2 is 1.76 bits per heavy atom. The van der Waals surface area contributed by atoms with Crippen LogP contribution >= 0.6 is 0 Å². The minimum atomic E-state index is -0.571. The van der Waals surface area contributed by atoms with Gasteiger partial charge in [-0.2, -0.15) is 0 Å². The van der Waals surface area contributed by atoms with Gasteiger partial charge in [0.2, 0.25) is 0 Å². The molecule has 0 bridgehead atoms. The van der Waals surface area contributed by atoms with E-state index in [2.05, 4.69) is 9.80 Å². The lowest BCUT2D eigenvalue weighted by atomic mass is 9.84. The van der Waals surface area contributed by atoms with E-state index in [1.807, 2.05) is 0 Å². The van der Waals surface area contributed by atoms with Crippen molar-refractivity contribution in [3.05, 3.63) is 0 Å². The minimum Gasteiger partial charge on any atom is -0.480 e. The van der Waals surface area contributed by atoms with Gasteiger partial charge in [-0.05, 0) is 64.0 Å². The number of fused-ring (bicyclic) bond motifs is 2. The first-order valence-electron chi connectivity index (χ1n) is 8.98. The first-order valence-corrected chi connectivity index (χ1v) is 8.98. The third-order valence-electron chi connectivity index (χ3n) is 6.64. The maximum absolute atomic E-state index is 11.8. The summed E-state index contributed by atoms with van der Waals surface area (Å²) in [6, 6.07) is 1.63. The molecule has 0 amide bonds. The van der Waals surface area contributed by atoms with E-state index in [0.717, 1.165) is 12.5 Å². The Balaban J connectivity index is 1.54. The molecule has 1 saturated carbocycles. The number of carbonyl (C=O) groups is 1. The summed E-state index contributed by atoms with van der Waals surface area (Å²) in [4.78, 5) is 16.9. The Kier molecular flexibility index (Phi) is 3.70. The summed E-state index contributed by atoms with van der Waals surface area (Å²) >= 11 is 0. The molecule has 4 rings (SSSR count). The number of nitrogens with zero attached hydrogens (tertiary/aromatic N) is 2. The molecule has 1 aliphatic carbocycles. The highest BCUT2D eigenvalue weighted by molar-refractivity contribution is 5.74. The Morgan fingerprint density at radius 3 is 2.62 bits per heavy atom. The van der Waals surface area contributed by atoms with Gasteiger partial charge in [-0.15, -0.1) is 0 Å². The van der Waals surface area contributed by atoms with Gasteiger partial charge >= 0.3 is 5.97 Å². The van der Waals surface area contributed by atoms with Crippen LogP contribution < -0.4 is 0 Å². The van der Waals surface area contributed by atoms with Gasteiger partial charge in [-0.1, -0.05) is 12.8 Å². The number of hydrogen-bond acceptors (Lipinski definition) is 3. The van der Waals surface area contributed by atoms with Crippen molar-refractivity contribution in [2.75, 3.05) is 13.1 Å². The molecule has 0 spiro atoms. The van der Waals surface area contributed by atoms with Gasteiger partial charge in [0.25, 0.3) is 0 Å². The van der Waals surface area contributed by atoms with E-state index in [1.165, 1.54) is 64.5 Å². The molecule has 1 N–H and O–H groups in total. The van der Waals surface area contributed by atoms with Crippen molar-refractivity contribution < 1.29 is 9.90 Å². The van der Waals surface area contributed by atoms with Gasteiger partial charge in [0, 0.05) is 18.1 Å². The zero-order valence-electron chi connectivity index (χ0n) is 12.9. The number of rotatable bonds is 2. The number of carboxylic acids is 1. The van der Waals surface area contributed by atoms with Crippen molar-refractivity contribution in [1.82, 2.24) is 9.80 Å². The normalized spacial score (nSPS) is 44.5. The van der Waals surface area contributed by atoms with E-state index in [0.29, 0.717) is 18.0 Å². The molecule has 21 heavy (non-hydrogen) atoms. The fourth-order valence-electron chi connectivity index (χ4n) is 5.72. The summed E-state index contributed by atoms with van der Waals surface area (Å²) in [7, 11) is 0. The molecule has 3 saturated heterocycles. The predicted molar refractivity (Wildman–Crippen MR) is 81.2 cm³/mol. The lowest BCUT2D eigenvalue weighted by Crippen LogP contribution is -2.54. The third kappa shape index (κ3) is 2.40. The van der Waals surface area contributed by atoms with E-state index >= 15 is 0 Å². The molecule has 0 aromatic rings. The maximum Gasteiger partial charge on any atom is 0.320 e. The van der Waals surface area contributed by atoms with Gasteiger partial charge < -0.3 is 10.0 Å². The molecule has 4 aliphatic rings. The van der Waals surface area contributed by atoms with Crippen molar-refractivity contribution in [1.29, 1.82) is 0 Å². The average molecular weight is 292 g/mol. The van der Waals surface area contributed by atoms with Crippen molar-refractivity contribution in [3.8, 4) is 0 Å². The Labute approximate surface area is 127 Å². The van der Waals surface area contributed by atoms with Crippen molar-refractivity contribution in [3.63, 3.8) is 0 Å². The average Bonchev–Trinajstić information content (AvgIpc) is 3.10. The fraction of sp³-hybridized carbons (Fsp3) is 0.941. The molecule has 0 aromatic carbocycles. The zero-order chi connectivity index (χ0) is 14.4. The van der Waals surface area contributed by atoms with Crippen LogP contribution in [0, 0.1) is 5.92 Å². The molecule has 3 heterocycles. The van der Waals surface area contributed by atoms with Gasteiger partial charge in [-0.25, -0.2) is 0 Å². The van der Waals surface area contributed by atoms with Gasteiger partial charge in [0.15, 0.2) is 0 Å². The molecular formula is C17H28N2O2. The minimum absolute atomic E-state index is 0.198. The third-order valence-corrected chi connectivity index (χ3v) is 6.64. The molecule has 0 aromatic heterocycles. The number of carboxylic acid groups (broad SMARTS) is 1. The Morgan fingerprint density at radius 1 is 0.905 bits per heavy atom. The summed E-state index contributed by atoms with van der Waals surface area (Å²) in [6.07, 6.45) is 11.1. The maximum atomic E-state index is 11.8. The topological polar surface area (TPSA) is 43.8 Å². The van der Waals surface area contributed by atoms with Crippen LogP contribution in [0.25, 0.3) is 0 Å². The van der Waals surface area contributed by atoms with E-state index in [9.17, 15) is 9.90 Å². The molecule has 5 atom stereocenters. The van der Waals surface area contributed by atoms with Gasteiger partial charge in [-0.3, -0.25) is 9.69 Å². The van der Waals surface area contributed by atoms with E-state index < -0.39 is 5.97 Å². The molecule has 5 unspecified atom stereocenters. The van der Waals surface area contributed by atoms with E-state index in [-0.39, 0.29) is 6.04 Å². The van der Waals surface area contributed by atoms with Crippen LogP contribution in [0.3, 0.4) is 0 Å². The number of aliphatic carboxylic acids is 1.